The fourth-order valence-electron chi connectivity index (χ4n) is 1.90. The number of methoxy groups -OCH3 is 1. The Bertz CT molecular complexity index is 388. The summed E-state index contributed by atoms with van der Waals surface area (Å²) in [5.74, 6) is 0.904. The summed E-state index contributed by atoms with van der Waals surface area (Å²) in [5, 5.41) is 9.56. The van der Waals surface area contributed by atoms with Crippen molar-refractivity contribution in [3.05, 3.63) is 22.2 Å². The normalized spacial score (nSPS) is 17.5. The molecule has 3 nitrogen and oxygen atoms in total. The van der Waals surface area contributed by atoms with Gasteiger partial charge in [-0.3, -0.25) is 0 Å². The van der Waals surface area contributed by atoms with E-state index in [2.05, 4.69) is 15.9 Å². The van der Waals surface area contributed by atoms with Crippen molar-refractivity contribution in [2.75, 3.05) is 13.7 Å². The van der Waals surface area contributed by atoms with E-state index in [0.717, 1.165) is 18.4 Å². The van der Waals surface area contributed by atoms with Crippen LogP contribution in [0.1, 0.15) is 18.4 Å². The maximum absolute atomic E-state index is 9.56. The quantitative estimate of drug-likeness (QED) is 0.886. The Labute approximate surface area is 97.4 Å². The highest BCUT2D eigenvalue weighted by Crippen LogP contribution is 2.53. The average molecular weight is 272 g/mol. The van der Waals surface area contributed by atoms with Crippen LogP contribution in [0.4, 0.5) is 0 Å². The lowest BCUT2D eigenvalue weighted by molar-refractivity contribution is 0.393. The van der Waals surface area contributed by atoms with Crippen LogP contribution in [-0.4, -0.2) is 18.8 Å². The van der Waals surface area contributed by atoms with Crippen molar-refractivity contribution in [2.24, 2.45) is 5.73 Å². The monoisotopic (exact) mass is 271 g/mol. The molecule has 0 heterocycles. The van der Waals surface area contributed by atoms with Crippen LogP contribution >= 0.6 is 15.9 Å². The minimum atomic E-state index is 0.0710. The van der Waals surface area contributed by atoms with E-state index in [4.69, 9.17) is 10.5 Å². The molecular formula is C11H14BrNO2. The fourth-order valence-corrected chi connectivity index (χ4v) is 2.40. The van der Waals surface area contributed by atoms with Gasteiger partial charge < -0.3 is 15.6 Å². The molecule has 0 aliphatic heterocycles. The third kappa shape index (κ3) is 1.62. The second-order valence-electron chi connectivity index (χ2n) is 3.96. The van der Waals surface area contributed by atoms with Crippen LogP contribution in [0.5, 0.6) is 11.5 Å². The average Bonchev–Trinajstić information content (AvgIpc) is 3.02. The molecule has 3 N–H and O–H groups in total. The van der Waals surface area contributed by atoms with Gasteiger partial charge in [0.1, 0.15) is 16.0 Å². The molecule has 0 amide bonds. The highest BCUT2D eigenvalue weighted by atomic mass is 79.9. The predicted octanol–water partition coefficient (Wildman–Crippen LogP) is 2.15. The number of hydrogen-bond donors (Lipinski definition) is 2. The van der Waals surface area contributed by atoms with E-state index in [1.807, 2.05) is 6.07 Å². The number of hydrogen-bond acceptors (Lipinski definition) is 3. The molecule has 1 aliphatic rings. The van der Waals surface area contributed by atoms with Gasteiger partial charge in [-0.2, -0.15) is 0 Å². The van der Waals surface area contributed by atoms with Crippen molar-refractivity contribution in [3.63, 3.8) is 0 Å². The van der Waals surface area contributed by atoms with Crippen LogP contribution in [0.25, 0.3) is 0 Å². The summed E-state index contributed by atoms with van der Waals surface area (Å²) >= 11 is 3.32. The summed E-state index contributed by atoms with van der Waals surface area (Å²) in [4.78, 5) is 0. The first-order valence-electron chi connectivity index (χ1n) is 4.90. The topological polar surface area (TPSA) is 55.5 Å². The number of benzene rings is 1. The van der Waals surface area contributed by atoms with Crippen molar-refractivity contribution in [1.29, 1.82) is 0 Å². The van der Waals surface area contributed by atoms with E-state index in [1.165, 1.54) is 0 Å². The Morgan fingerprint density at radius 2 is 2.20 bits per heavy atom. The number of rotatable bonds is 3. The summed E-state index contributed by atoms with van der Waals surface area (Å²) in [6.45, 7) is 0.626. The lowest BCUT2D eigenvalue weighted by Crippen LogP contribution is -2.20. The molecule has 0 unspecified atom stereocenters. The number of phenolic OH excluding ortho intramolecular Hbond substituents is 1. The third-order valence-electron chi connectivity index (χ3n) is 3.10. The number of nitrogens with two attached hydrogens (primary N) is 1. The zero-order valence-corrected chi connectivity index (χ0v) is 10.2. The first-order chi connectivity index (χ1) is 7.14. The largest absolute Gasteiger partial charge is 0.507 e. The molecule has 15 heavy (non-hydrogen) atoms. The minimum absolute atomic E-state index is 0.0710. The van der Waals surface area contributed by atoms with E-state index in [1.54, 1.807) is 13.2 Å². The van der Waals surface area contributed by atoms with Gasteiger partial charge in [0.2, 0.25) is 0 Å². The summed E-state index contributed by atoms with van der Waals surface area (Å²) < 4.78 is 5.94. The zero-order valence-electron chi connectivity index (χ0n) is 8.59. The standard InChI is InChI=1S/C11H14BrNO2/c1-15-10-7(11(6-13)4-5-11)2-3-8(14)9(10)12/h2-3,14H,4-6,13H2,1H3. The molecule has 0 atom stereocenters. The van der Waals surface area contributed by atoms with Crippen LogP contribution in [0.3, 0.4) is 0 Å². The van der Waals surface area contributed by atoms with Crippen molar-refractivity contribution in [2.45, 2.75) is 18.3 Å². The highest BCUT2D eigenvalue weighted by molar-refractivity contribution is 9.10. The van der Waals surface area contributed by atoms with Gasteiger partial charge in [0.15, 0.2) is 0 Å². The number of halogens is 1. The zero-order chi connectivity index (χ0) is 11.1. The SMILES string of the molecule is COc1c(C2(CN)CC2)ccc(O)c1Br. The third-order valence-corrected chi connectivity index (χ3v) is 3.86. The van der Waals surface area contributed by atoms with Crippen molar-refractivity contribution in [3.8, 4) is 11.5 Å². The molecule has 0 radical (unpaired) electrons. The van der Waals surface area contributed by atoms with Gasteiger partial charge in [0, 0.05) is 17.5 Å². The van der Waals surface area contributed by atoms with E-state index in [0.29, 0.717) is 16.8 Å². The molecule has 4 heteroatoms. The Morgan fingerprint density at radius 1 is 1.53 bits per heavy atom. The molecule has 1 fully saturated rings. The fraction of sp³-hybridized carbons (Fsp3) is 0.455. The van der Waals surface area contributed by atoms with Crippen molar-refractivity contribution >= 4 is 15.9 Å². The molecule has 1 saturated carbocycles. The smallest absolute Gasteiger partial charge is 0.140 e. The van der Waals surface area contributed by atoms with Crippen molar-refractivity contribution in [1.82, 2.24) is 0 Å². The highest BCUT2D eigenvalue weighted by Gasteiger charge is 2.45. The molecule has 1 aromatic rings. The predicted molar refractivity (Wildman–Crippen MR) is 62.3 cm³/mol. The van der Waals surface area contributed by atoms with Gasteiger partial charge in [0.05, 0.1) is 7.11 Å². The number of ether oxygens (including phenoxy) is 1. The van der Waals surface area contributed by atoms with Crippen LogP contribution in [-0.2, 0) is 5.41 Å². The maximum atomic E-state index is 9.56. The van der Waals surface area contributed by atoms with Gasteiger partial charge in [-0.15, -0.1) is 0 Å². The molecule has 82 valence electrons. The van der Waals surface area contributed by atoms with Crippen LogP contribution in [0, 0.1) is 0 Å². The summed E-state index contributed by atoms with van der Waals surface area (Å²) in [7, 11) is 1.61. The van der Waals surface area contributed by atoms with Gasteiger partial charge in [-0.25, -0.2) is 0 Å². The Kier molecular flexibility index (Phi) is 2.64. The maximum Gasteiger partial charge on any atom is 0.140 e. The van der Waals surface area contributed by atoms with Crippen LogP contribution in [0.2, 0.25) is 0 Å². The second-order valence-corrected chi connectivity index (χ2v) is 4.76. The Morgan fingerprint density at radius 3 is 2.67 bits per heavy atom. The van der Waals surface area contributed by atoms with E-state index in [-0.39, 0.29) is 11.2 Å². The summed E-state index contributed by atoms with van der Waals surface area (Å²) in [5.41, 5.74) is 6.94. The molecule has 0 saturated heterocycles. The van der Waals surface area contributed by atoms with E-state index in [9.17, 15) is 5.11 Å². The van der Waals surface area contributed by atoms with E-state index < -0.39 is 0 Å². The molecule has 0 aromatic heterocycles. The van der Waals surface area contributed by atoms with Gasteiger partial charge >= 0.3 is 0 Å². The molecule has 0 spiro atoms. The summed E-state index contributed by atoms with van der Waals surface area (Å²) in [6, 6.07) is 3.58. The number of aromatic hydroxyl groups is 1. The second kappa shape index (κ2) is 3.68. The first kappa shape index (κ1) is 10.8. The lowest BCUT2D eigenvalue weighted by Gasteiger charge is -2.18. The Balaban J connectivity index is 2.52. The molecule has 2 rings (SSSR count). The number of phenols is 1. The van der Waals surface area contributed by atoms with Crippen LogP contribution in [0.15, 0.2) is 16.6 Å². The molecular weight excluding hydrogens is 258 g/mol. The van der Waals surface area contributed by atoms with Gasteiger partial charge in [-0.1, -0.05) is 6.07 Å². The lowest BCUT2D eigenvalue weighted by atomic mass is 9.95. The van der Waals surface area contributed by atoms with Gasteiger partial charge in [-0.05, 0) is 34.8 Å². The van der Waals surface area contributed by atoms with E-state index >= 15 is 0 Å². The summed E-state index contributed by atoms with van der Waals surface area (Å²) in [6.07, 6.45) is 2.19. The molecule has 1 aromatic carbocycles. The minimum Gasteiger partial charge on any atom is -0.507 e. The first-order valence-corrected chi connectivity index (χ1v) is 5.70. The molecule has 1 aliphatic carbocycles. The molecule has 0 bridgehead atoms. The van der Waals surface area contributed by atoms with Gasteiger partial charge in [0.25, 0.3) is 0 Å². The van der Waals surface area contributed by atoms with Crippen LogP contribution < -0.4 is 10.5 Å². The Hall–Kier alpha value is -0.740. The van der Waals surface area contributed by atoms with Crippen molar-refractivity contribution < 1.29 is 9.84 Å².